The van der Waals surface area contributed by atoms with Crippen molar-refractivity contribution in [1.82, 2.24) is 9.78 Å². The normalized spacial score (nSPS) is 13.9. The number of aromatic nitrogens is 2. The summed E-state index contributed by atoms with van der Waals surface area (Å²) in [5.74, 6) is 0.273. The molecule has 3 aromatic rings. The summed E-state index contributed by atoms with van der Waals surface area (Å²) >= 11 is 0. The number of non-ortho nitro benzene ring substituents is 1. The standard InChI is InChI=1S/C20H18N4O7S/c1-30-15-6-8-16(9-7-15)31-10-19(25)21-20-17-11-32(28,29)12-18(17)22-23(20)13-2-4-14(5-3-13)24(26)27/h2-9H,10-12H2,1H3,(H,21,25). The Hall–Kier alpha value is -3.93. The molecule has 0 unspecified atom stereocenters. The predicted octanol–water partition coefficient (Wildman–Crippen LogP) is 2.24. The van der Waals surface area contributed by atoms with E-state index < -0.39 is 20.7 Å². The Kier molecular flexibility index (Phi) is 5.53. The largest absolute Gasteiger partial charge is 0.497 e. The van der Waals surface area contributed by atoms with Gasteiger partial charge in [-0.15, -0.1) is 0 Å². The molecule has 2 aromatic carbocycles. The number of nitrogens with one attached hydrogen (secondary N) is 1. The number of ether oxygens (including phenoxy) is 2. The number of hydrogen-bond donors (Lipinski definition) is 1. The fraction of sp³-hybridized carbons (Fsp3) is 0.200. The second-order valence-corrected chi connectivity index (χ2v) is 9.07. The smallest absolute Gasteiger partial charge is 0.269 e. The molecule has 0 radical (unpaired) electrons. The van der Waals surface area contributed by atoms with Gasteiger partial charge in [0.05, 0.1) is 34.9 Å². The van der Waals surface area contributed by atoms with Crippen molar-refractivity contribution in [2.45, 2.75) is 11.5 Å². The van der Waals surface area contributed by atoms with Crippen LogP contribution in [0.2, 0.25) is 0 Å². The molecule has 0 fully saturated rings. The van der Waals surface area contributed by atoms with Crippen LogP contribution in [0.5, 0.6) is 11.5 Å². The van der Waals surface area contributed by atoms with Crippen LogP contribution < -0.4 is 14.8 Å². The minimum absolute atomic E-state index is 0.102. The van der Waals surface area contributed by atoms with E-state index in [0.29, 0.717) is 28.4 Å². The number of rotatable bonds is 7. The van der Waals surface area contributed by atoms with Crippen molar-refractivity contribution in [3.8, 4) is 17.2 Å². The Morgan fingerprint density at radius 2 is 1.78 bits per heavy atom. The third kappa shape index (κ3) is 4.39. The maximum absolute atomic E-state index is 12.6. The first kappa shape index (κ1) is 21.3. The van der Waals surface area contributed by atoms with Gasteiger partial charge in [0.25, 0.3) is 11.6 Å². The molecule has 0 atom stereocenters. The molecular formula is C20H18N4O7S. The van der Waals surface area contributed by atoms with Crippen LogP contribution in [-0.4, -0.2) is 42.7 Å². The zero-order chi connectivity index (χ0) is 22.9. The number of carbonyl (C=O) groups excluding carboxylic acids is 1. The molecule has 32 heavy (non-hydrogen) atoms. The summed E-state index contributed by atoms with van der Waals surface area (Å²) in [6.45, 7) is -0.320. The summed E-state index contributed by atoms with van der Waals surface area (Å²) in [6, 6.07) is 12.2. The average molecular weight is 458 g/mol. The predicted molar refractivity (Wildman–Crippen MR) is 114 cm³/mol. The molecule has 11 nitrogen and oxygen atoms in total. The lowest BCUT2D eigenvalue weighted by Crippen LogP contribution is -2.22. The molecule has 4 rings (SSSR count). The maximum atomic E-state index is 12.6. The first-order valence-corrected chi connectivity index (χ1v) is 11.2. The number of benzene rings is 2. The molecule has 1 N–H and O–H groups in total. The third-order valence-electron chi connectivity index (χ3n) is 4.78. The molecule has 1 amide bonds. The minimum atomic E-state index is -3.36. The van der Waals surface area contributed by atoms with Gasteiger partial charge in [-0.25, -0.2) is 13.1 Å². The summed E-state index contributed by atoms with van der Waals surface area (Å²) in [4.78, 5) is 22.9. The highest BCUT2D eigenvalue weighted by Crippen LogP contribution is 2.33. The van der Waals surface area contributed by atoms with Gasteiger partial charge in [0.2, 0.25) is 0 Å². The van der Waals surface area contributed by atoms with Crippen molar-refractivity contribution in [3.05, 3.63) is 69.9 Å². The monoisotopic (exact) mass is 458 g/mol. The quantitative estimate of drug-likeness (QED) is 0.419. The zero-order valence-electron chi connectivity index (χ0n) is 16.8. The van der Waals surface area contributed by atoms with Crippen LogP contribution in [0.15, 0.2) is 48.5 Å². The molecule has 0 aliphatic carbocycles. The third-order valence-corrected chi connectivity index (χ3v) is 6.22. The highest BCUT2D eigenvalue weighted by molar-refractivity contribution is 7.90. The second-order valence-electron chi connectivity index (χ2n) is 7.00. The Balaban J connectivity index is 1.57. The SMILES string of the molecule is COc1ccc(OCC(=O)Nc2c3c(nn2-c2ccc([N+](=O)[O-])cc2)CS(=O)(=O)C3)cc1. The first-order chi connectivity index (χ1) is 15.3. The minimum Gasteiger partial charge on any atom is -0.497 e. The zero-order valence-corrected chi connectivity index (χ0v) is 17.7. The number of hydrogen-bond acceptors (Lipinski definition) is 8. The number of nitro groups is 1. The summed E-state index contributed by atoms with van der Waals surface area (Å²) < 4.78 is 36.0. The molecular weight excluding hydrogens is 440 g/mol. The molecule has 1 aliphatic rings. The van der Waals surface area contributed by atoms with Gasteiger partial charge >= 0.3 is 0 Å². The van der Waals surface area contributed by atoms with E-state index in [0.717, 1.165) is 0 Å². The van der Waals surface area contributed by atoms with Crippen molar-refractivity contribution >= 4 is 27.2 Å². The number of fused-ring (bicyclic) bond motifs is 1. The van der Waals surface area contributed by atoms with Gasteiger partial charge in [0, 0.05) is 17.7 Å². The number of anilines is 1. The van der Waals surface area contributed by atoms with Crippen LogP contribution in [-0.2, 0) is 26.1 Å². The molecule has 0 bridgehead atoms. The van der Waals surface area contributed by atoms with Crippen molar-refractivity contribution < 1.29 is 27.6 Å². The Bertz CT molecular complexity index is 1280. The topological polar surface area (TPSA) is 143 Å². The Morgan fingerprint density at radius 1 is 1.12 bits per heavy atom. The highest BCUT2D eigenvalue weighted by Gasteiger charge is 2.33. The van der Waals surface area contributed by atoms with Crippen molar-refractivity contribution in [2.75, 3.05) is 19.0 Å². The summed E-state index contributed by atoms with van der Waals surface area (Å²) in [5.41, 5.74) is 1.05. The van der Waals surface area contributed by atoms with E-state index in [-0.39, 0.29) is 29.6 Å². The number of nitro benzene ring substituents is 1. The van der Waals surface area contributed by atoms with Gasteiger partial charge < -0.3 is 14.8 Å². The summed E-state index contributed by atoms with van der Waals surface area (Å²) in [5, 5.41) is 17.9. The lowest BCUT2D eigenvalue weighted by atomic mass is 10.2. The van der Waals surface area contributed by atoms with Gasteiger partial charge in [0.1, 0.15) is 17.3 Å². The van der Waals surface area contributed by atoms with E-state index in [9.17, 15) is 23.3 Å². The number of carbonyl (C=O) groups is 1. The van der Waals surface area contributed by atoms with E-state index in [1.165, 1.54) is 36.1 Å². The Labute approximate surface area is 182 Å². The van der Waals surface area contributed by atoms with Gasteiger partial charge in [-0.3, -0.25) is 14.9 Å². The van der Waals surface area contributed by atoms with Crippen molar-refractivity contribution in [1.29, 1.82) is 0 Å². The highest BCUT2D eigenvalue weighted by atomic mass is 32.2. The van der Waals surface area contributed by atoms with Crippen LogP contribution in [0.4, 0.5) is 11.5 Å². The number of sulfone groups is 1. The van der Waals surface area contributed by atoms with Crippen molar-refractivity contribution in [2.24, 2.45) is 0 Å². The first-order valence-electron chi connectivity index (χ1n) is 9.38. The Morgan fingerprint density at radius 3 is 2.41 bits per heavy atom. The van der Waals surface area contributed by atoms with Gasteiger partial charge in [-0.1, -0.05) is 0 Å². The van der Waals surface area contributed by atoms with E-state index in [2.05, 4.69) is 10.4 Å². The second kappa shape index (κ2) is 8.30. The molecule has 2 heterocycles. The average Bonchev–Trinajstić information content (AvgIpc) is 3.25. The number of methoxy groups -OCH3 is 1. The number of nitrogens with zero attached hydrogens (tertiary/aromatic N) is 3. The molecule has 1 aliphatic heterocycles. The van der Waals surface area contributed by atoms with E-state index in [4.69, 9.17) is 9.47 Å². The van der Waals surface area contributed by atoms with Crippen LogP contribution >= 0.6 is 0 Å². The molecule has 166 valence electrons. The fourth-order valence-corrected chi connectivity index (χ4v) is 4.76. The fourth-order valence-electron chi connectivity index (χ4n) is 3.26. The van der Waals surface area contributed by atoms with E-state index >= 15 is 0 Å². The molecule has 1 aromatic heterocycles. The molecule has 0 saturated carbocycles. The van der Waals surface area contributed by atoms with Gasteiger partial charge in [-0.2, -0.15) is 5.10 Å². The summed E-state index contributed by atoms with van der Waals surface area (Å²) in [6.07, 6.45) is 0. The molecule has 0 saturated heterocycles. The lowest BCUT2D eigenvalue weighted by molar-refractivity contribution is -0.384. The van der Waals surface area contributed by atoms with Gasteiger partial charge in [0.15, 0.2) is 16.4 Å². The lowest BCUT2D eigenvalue weighted by Gasteiger charge is -2.12. The summed E-state index contributed by atoms with van der Waals surface area (Å²) in [7, 11) is -1.82. The van der Waals surface area contributed by atoms with Crippen LogP contribution in [0.3, 0.4) is 0 Å². The van der Waals surface area contributed by atoms with E-state index in [1.807, 2.05) is 0 Å². The number of amides is 1. The molecule has 12 heteroatoms. The van der Waals surface area contributed by atoms with Crippen LogP contribution in [0.25, 0.3) is 5.69 Å². The van der Waals surface area contributed by atoms with Crippen LogP contribution in [0, 0.1) is 10.1 Å². The van der Waals surface area contributed by atoms with Crippen molar-refractivity contribution in [3.63, 3.8) is 0 Å². The van der Waals surface area contributed by atoms with Gasteiger partial charge in [-0.05, 0) is 36.4 Å². The molecule has 0 spiro atoms. The van der Waals surface area contributed by atoms with Crippen LogP contribution in [0.1, 0.15) is 11.3 Å². The maximum Gasteiger partial charge on any atom is 0.269 e. The van der Waals surface area contributed by atoms with E-state index in [1.54, 1.807) is 24.3 Å².